The van der Waals surface area contributed by atoms with Crippen molar-refractivity contribution < 1.29 is 14.6 Å². The number of carbonyl (C=O) groups is 1. The van der Waals surface area contributed by atoms with Crippen LogP contribution in [0, 0.1) is 0 Å². The summed E-state index contributed by atoms with van der Waals surface area (Å²) >= 11 is 0. The molecule has 0 radical (unpaired) electrons. The smallest absolute Gasteiger partial charge is 0.253 e. The Labute approximate surface area is 179 Å². The summed E-state index contributed by atoms with van der Waals surface area (Å²) in [5, 5.41) is 11.9. The van der Waals surface area contributed by atoms with Gasteiger partial charge in [0.25, 0.3) is 5.91 Å². The molecule has 4 rings (SSSR count). The zero-order valence-electron chi connectivity index (χ0n) is 18.2. The molecule has 0 bridgehead atoms. The molecule has 2 aromatic carbocycles. The van der Waals surface area contributed by atoms with Crippen LogP contribution in [0.5, 0.6) is 5.75 Å². The molecule has 3 atom stereocenters. The summed E-state index contributed by atoms with van der Waals surface area (Å²) in [6.45, 7) is 1.57. The van der Waals surface area contributed by atoms with Gasteiger partial charge in [-0.1, -0.05) is 30.3 Å². The Morgan fingerprint density at radius 1 is 1.17 bits per heavy atom. The average Bonchev–Trinajstić information content (AvgIpc) is 2.78. The number of methoxy groups -OCH3 is 1. The van der Waals surface area contributed by atoms with Gasteiger partial charge in [-0.3, -0.25) is 4.79 Å². The van der Waals surface area contributed by atoms with E-state index in [1.54, 1.807) is 7.11 Å². The van der Waals surface area contributed by atoms with Crippen molar-refractivity contribution in [3.63, 3.8) is 0 Å². The lowest BCUT2D eigenvalue weighted by molar-refractivity contribution is -0.127. The van der Waals surface area contributed by atoms with E-state index in [-0.39, 0.29) is 11.9 Å². The Balaban J connectivity index is 1.69. The first-order valence-electron chi connectivity index (χ1n) is 10.8. The monoisotopic (exact) mass is 408 g/mol. The number of likely N-dealkylation sites (tertiary alicyclic amines) is 1. The van der Waals surface area contributed by atoms with E-state index in [0.29, 0.717) is 18.5 Å². The number of carbonyl (C=O) groups excluding carboxylic acids is 1. The number of ether oxygens (including phenoxy) is 1. The number of aliphatic hydroxyl groups is 1. The normalized spacial score (nSPS) is 29.1. The van der Waals surface area contributed by atoms with E-state index in [1.807, 2.05) is 54.4 Å². The fraction of sp³-hybridized carbons (Fsp3) is 0.480. The van der Waals surface area contributed by atoms with Crippen LogP contribution in [0.25, 0.3) is 0 Å². The second-order valence-electron chi connectivity index (χ2n) is 9.01. The average molecular weight is 409 g/mol. The maximum absolute atomic E-state index is 13.1. The van der Waals surface area contributed by atoms with Crippen LogP contribution in [-0.2, 0) is 5.41 Å². The van der Waals surface area contributed by atoms with Gasteiger partial charge >= 0.3 is 0 Å². The van der Waals surface area contributed by atoms with Gasteiger partial charge in [0.05, 0.1) is 12.7 Å². The molecule has 1 N–H and O–H groups in total. The van der Waals surface area contributed by atoms with Crippen LogP contribution in [0.1, 0.15) is 41.6 Å². The van der Waals surface area contributed by atoms with Gasteiger partial charge in [-0.15, -0.1) is 0 Å². The van der Waals surface area contributed by atoms with E-state index in [2.05, 4.69) is 24.1 Å². The largest absolute Gasteiger partial charge is 0.497 e. The zero-order chi connectivity index (χ0) is 21.4. The number of piperidine rings is 1. The SMILES string of the molecule is COc1cccc([C@@]23CCN(C)C[C@@]2(O)CC[C@@H](N(C)C(=O)c2ccccc2)C3)c1. The molecule has 2 aliphatic rings. The lowest BCUT2D eigenvalue weighted by Crippen LogP contribution is -2.66. The standard InChI is InChI=1S/C25H32N2O3/c1-26-15-14-24(20-10-7-11-22(16-20)30-3)17-21(12-13-25(24,29)18-26)27(2)23(28)19-8-5-4-6-9-19/h4-11,16,21,29H,12-15,17-18H2,1-3H3/t21-,24+,25+/m1/s1. The quantitative estimate of drug-likeness (QED) is 0.843. The number of amides is 1. The molecule has 2 aromatic rings. The Morgan fingerprint density at radius 2 is 1.93 bits per heavy atom. The molecule has 1 heterocycles. The van der Waals surface area contributed by atoms with E-state index < -0.39 is 11.0 Å². The first-order valence-corrected chi connectivity index (χ1v) is 10.8. The van der Waals surface area contributed by atoms with Crippen LogP contribution >= 0.6 is 0 Å². The summed E-state index contributed by atoms with van der Waals surface area (Å²) < 4.78 is 5.49. The van der Waals surface area contributed by atoms with Gasteiger partial charge < -0.3 is 19.6 Å². The Morgan fingerprint density at radius 3 is 2.67 bits per heavy atom. The molecule has 1 aliphatic carbocycles. The molecule has 1 amide bonds. The van der Waals surface area contributed by atoms with Gasteiger partial charge in [0.2, 0.25) is 0 Å². The maximum atomic E-state index is 13.1. The predicted molar refractivity (Wildman–Crippen MR) is 118 cm³/mol. The highest BCUT2D eigenvalue weighted by Crippen LogP contribution is 2.52. The second-order valence-corrected chi connectivity index (χ2v) is 9.01. The van der Waals surface area contributed by atoms with E-state index in [4.69, 9.17) is 4.74 Å². The predicted octanol–water partition coefficient (Wildman–Crippen LogP) is 3.32. The van der Waals surface area contributed by atoms with Gasteiger partial charge in [-0.25, -0.2) is 0 Å². The summed E-state index contributed by atoms with van der Waals surface area (Å²) in [5.74, 6) is 0.846. The van der Waals surface area contributed by atoms with Crippen molar-refractivity contribution in [2.24, 2.45) is 0 Å². The molecule has 0 aromatic heterocycles. The molecule has 0 unspecified atom stereocenters. The van der Waals surface area contributed by atoms with Gasteiger partial charge in [0, 0.05) is 30.6 Å². The number of benzene rings is 2. The number of nitrogens with zero attached hydrogens (tertiary/aromatic N) is 2. The first-order chi connectivity index (χ1) is 14.4. The second kappa shape index (κ2) is 8.05. The van der Waals surface area contributed by atoms with Crippen LogP contribution in [0.15, 0.2) is 54.6 Å². The van der Waals surface area contributed by atoms with Crippen molar-refractivity contribution in [2.45, 2.75) is 42.7 Å². The van der Waals surface area contributed by atoms with E-state index in [0.717, 1.165) is 37.1 Å². The van der Waals surface area contributed by atoms with Crippen LogP contribution < -0.4 is 4.74 Å². The number of hydrogen-bond acceptors (Lipinski definition) is 4. The van der Waals surface area contributed by atoms with Crippen LogP contribution in [0.2, 0.25) is 0 Å². The molecule has 1 aliphatic heterocycles. The molecule has 30 heavy (non-hydrogen) atoms. The Bertz CT molecular complexity index is 902. The molecule has 2 fully saturated rings. The van der Waals surface area contributed by atoms with Crippen molar-refractivity contribution >= 4 is 5.91 Å². The molecular formula is C25H32N2O3. The lowest BCUT2D eigenvalue weighted by Gasteiger charge is -2.58. The highest BCUT2D eigenvalue weighted by Gasteiger charge is 2.57. The minimum absolute atomic E-state index is 0.0414. The molecule has 160 valence electrons. The highest BCUT2D eigenvalue weighted by molar-refractivity contribution is 5.94. The molecule has 0 spiro atoms. The minimum atomic E-state index is -0.820. The molecule has 1 saturated carbocycles. The van der Waals surface area contributed by atoms with Crippen molar-refractivity contribution in [3.8, 4) is 5.75 Å². The maximum Gasteiger partial charge on any atom is 0.253 e. The van der Waals surface area contributed by atoms with Gasteiger partial charge in [-0.05, 0) is 69.1 Å². The van der Waals surface area contributed by atoms with Crippen molar-refractivity contribution in [2.75, 3.05) is 34.3 Å². The Hall–Kier alpha value is -2.37. The molecular weight excluding hydrogens is 376 g/mol. The zero-order valence-corrected chi connectivity index (χ0v) is 18.2. The third-order valence-corrected chi connectivity index (χ3v) is 7.33. The Kier molecular flexibility index (Phi) is 5.60. The number of β-amino-alcohol motifs (C(OH)–C–C–N with tert-alkyl or cyclic N) is 1. The summed E-state index contributed by atoms with van der Waals surface area (Å²) in [6.07, 6.45) is 3.08. The molecule has 5 nitrogen and oxygen atoms in total. The van der Waals surface area contributed by atoms with E-state index in [9.17, 15) is 9.90 Å². The summed E-state index contributed by atoms with van der Waals surface area (Å²) in [4.78, 5) is 17.2. The van der Waals surface area contributed by atoms with Crippen molar-refractivity contribution in [1.29, 1.82) is 0 Å². The fourth-order valence-corrected chi connectivity index (χ4v) is 5.54. The number of hydrogen-bond donors (Lipinski definition) is 1. The highest BCUT2D eigenvalue weighted by atomic mass is 16.5. The number of likely N-dealkylation sites (N-methyl/N-ethyl adjacent to an activating group) is 1. The topological polar surface area (TPSA) is 53.0 Å². The first kappa shape index (κ1) is 20.9. The number of rotatable bonds is 4. The third kappa shape index (κ3) is 3.50. The molecule has 1 saturated heterocycles. The van der Waals surface area contributed by atoms with Gasteiger partial charge in [-0.2, -0.15) is 0 Å². The summed E-state index contributed by atoms with van der Waals surface area (Å²) in [7, 11) is 5.65. The van der Waals surface area contributed by atoms with Crippen molar-refractivity contribution in [1.82, 2.24) is 9.80 Å². The fourth-order valence-electron chi connectivity index (χ4n) is 5.54. The van der Waals surface area contributed by atoms with E-state index in [1.165, 1.54) is 0 Å². The summed E-state index contributed by atoms with van der Waals surface area (Å²) in [5.41, 5.74) is 0.601. The third-order valence-electron chi connectivity index (χ3n) is 7.33. The molecule has 5 heteroatoms. The van der Waals surface area contributed by atoms with Crippen LogP contribution in [0.4, 0.5) is 0 Å². The van der Waals surface area contributed by atoms with E-state index >= 15 is 0 Å². The van der Waals surface area contributed by atoms with Crippen LogP contribution in [-0.4, -0.2) is 66.8 Å². The lowest BCUT2D eigenvalue weighted by atomic mass is 9.55. The van der Waals surface area contributed by atoms with Gasteiger partial charge in [0.1, 0.15) is 5.75 Å². The number of fused-ring (bicyclic) bond motifs is 1. The van der Waals surface area contributed by atoms with Crippen molar-refractivity contribution in [3.05, 3.63) is 65.7 Å². The van der Waals surface area contributed by atoms with Crippen LogP contribution in [0.3, 0.4) is 0 Å². The minimum Gasteiger partial charge on any atom is -0.497 e. The van der Waals surface area contributed by atoms with Gasteiger partial charge in [0.15, 0.2) is 0 Å². The summed E-state index contributed by atoms with van der Waals surface area (Å²) in [6, 6.07) is 17.7.